The summed E-state index contributed by atoms with van der Waals surface area (Å²) in [5.74, 6) is -3.78. The predicted octanol–water partition coefficient (Wildman–Crippen LogP) is 6.01. The average molecular weight is 682 g/mol. The van der Waals surface area contributed by atoms with Gasteiger partial charge in [0.05, 0.1) is 17.3 Å². The second-order valence-corrected chi connectivity index (χ2v) is 13.6. The molecule has 0 unspecified atom stereocenters. The summed E-state index contributed by atoms with van der Waals surface area (Å²) in [5, 5.41) is 2.67. The van der Waals surface area contributed by atoms with Crippen molar-refractivity contribution in [2.45, 2.75) is 50.8 Å². The molecule has 9 nitrogen and oxygen atoms in total. The van der Waals surface area contributed by atoms with Crippen LogP contribution in [0.4, 0.5) is 24.7 Å². The number of fused-ring (bicyclic) bond motifs is 2. The Bertz CT molecular complexity index is 1740. The van der Waals surface area contributed by atoms with E-state index in [1.807, 2.05) is 54.1 Å². The van der Waals surface area contributed by atoms with Crippen molar-refractivity contribution in [2.75, 3.05) is 62.7 Å². The van der Waals surface area contributed by atoms with Gasteiger partial charge in [-0.05, 0) is 43.8 Å². The third-order valence-electron chi connectivity index (χ3n) is 9.39. The van der Waals surface area contributed by atoms with Crippen molar-refractivity contribution in [2.24, 2.45) is 5.92 Å². The van der Waals surface area contributed by atoms with Crippen LogP contribution in [0.3, 0.4) is 0 Å². The Morgan fingerprint density at radius 3 is 2.65 bits per heavy atom. The quantitative estimate of drug-likeness (QED) is 0.192. The van der Waals surface area contributed by atoms with E-state index in [1.54, 1.807) is 0 Å². The summed E-state index contributed by atoms with van der Waals surface area (Å²) in [7, 11) is 1.90. The van der Waals surface area contributed by atoms with E-state index in [-0.39, 0.29) is 50.5 Å². The van der Waals surface area contributed by atoms with E-state index >= 15 is 0 Å². The molecule has 0 spiro atoms. The first kappa shape index (κ1) is 33.8. The summed E-state index contributed by atoms with van der Waals surface area (Å²) < 4.78 is 46.9. The number of alkyl halides is 2. The summed E-state index contributed by atoms with van der Waals surface area (Å²) in [4.78, 5) is 33.5. The van der Waals surface area contributed by atoms with Gasteiger partial charge in [0.15, 0.2) is 5.83 Å². The highest BCUT2D eigenvalue weighted by molar-refractivity contribution is 6.36. The maximum absolute atomic E-state index is 13.9. The van der Waals surface area contributed by atoms with Crippen LogP contribution in [0, 0.1) is 12.5 Å². The number of hydrogen-bond donors (Lipinski definition) is 0. The molecule has 0 N–H and O–H groups in total. The summed E-state index contributed by atoms with van der Waals surface area (Å²) >= 11 is 6.69. The van der Waals surface area contributed by atoms with Crippen LogP contribution in [0.15, 0.2) is 48.8 Å². The van der Waals surface area contributed by atoms with Gasteiger partial charge < -0.3 is 29.2 Å². The minimum absolute atomic E-state index is 0.0120. The maximum Gasteiger partial charge on any atom is 0.318 e. The molecule has 0 radical (unpaired) electrons. The number of hydrogen-bond acceptors (Lipinski definition) is 7. The molecule has 3 aliphatic rings. The van der Waals surface area contributed by atoms with Crippen LogP contribution < -0.4 is 14.5 Å². The fourth-order valence-corrected chi connectivity index (χ4v) is 7.54. The molecular formula is C35H39ClF3N7O2. The lowest BCUT2D eigenvalue weighted by Gasteiger charge is -2.41. The molecule has 1 saturated carbocycles. The molecular weight excluding hydrogens is 643 g/mol. The predicted molar refractivity (Wildman–Crippen MR) is 180 cm³/mol. The first-order valence-electron chi connectivity index (χ1n) is 16.2. The van der Waals surface area contributed by atoms with Crippen LogP contribution in [-0.4, -0.2) is 96.6 Å². The molecule has 1 aromatic heterocycles. The van der Waals surface area contributed by atoms with Gasteiger partial charge in [-0.2, -0.15) is 9.97 Å². The van der Waals surface area contributed by atoms with E-state index in [1.165, 1.54) is 4.90 Å². The van der Waals surface area contributed by atoms with Gasteiger partial charge >= 0.3 is 6.01 Å². The smallest absolute Gasteiger partial charge is 0.318 e. The fourth-order valence-electron chi connectivity index (χ4n) is 7.27. The topological polar surface area (TPSA) is 69.4 Å². The van der Waals surface area contributed by atoms with Gasteiger partial charge in [0.25, 0.3) is 5.91 Å². The van der Waals surface area contributed by atoms with Crippen LogP contribution in [0.2, 0.25) is 5.02 Å². The van der Waals surface area contributed by atoms with E-state index in [0.717, 1.165) is 27.7 Å². The zero-order valence-corrected chi connectivity index (χ0v) is 27.9. The van der Waals surface area contributed by atoms with Crippen molar-refractivity contribution in [3.63, 3.8) is 0 Å². The number of halogens is 4. The van der Waals surface area contributed by atoms with Gasteiger partial charge in [0.1, 0.15) is 18.0 Å². The van der Waals surface area contributed by atoms with E-state index in [0.29, 0.717) is 50.0 Å². The lowest BCUT2D eigenvalue weighted by Crippen LogP contribution is -2.57. The largest absolute Gasteiger partial charge is 0.459 e. The zero-order valence-electron chi connectivity index (χ0n) is 27.1. The number of aromatic nitrogens is 2. The minimum atomic E-state index is -2.56. The lowest BCUT2D eigenvalue weighted by atomic mass is 9.81. The van der Waals surface area contributed by atoms with Crippen LogP contribution in [0.1, 0.15) is 31.0 Å². The third kappa shape index (κ3) is 7.17. The monoisotopic (exact) mass is 681 g/mol. The van der Waals surface area contributed by atoms with Crippen LogP contribution >= 0.6 is 11.6 Å². The van der Waals surface area contributed by atoms with Crippen LogP contribution in [-0.2, 0) is 17.8 Å². The highest BCUT2D eigenvalue weighted by Crippen LogP contribution is 2.42. The second-order valence-electron chi connectivity index (χ2n) is 13.2. The molecule has 254 valence electrons. The maximum atomic E-state index is 13.9. The van der Waals surface area contributed by atoms with Gasteiger partial charge in [0, 0.05) is 68.7 Å². The van der Waals surface area contributed by atoms with Crippen LogP contribution in [0.5, 0.6) is 6.01 Å². The van der Waals surface area contributed by atoms with Gasteiger partial charge in [-0.3, -0.25) is 4.79 Å². The molecule has 0 bridgehead atoms. The number of amides is 1. The normalized spacial score (nSPS) is 19.9. The number of likely N-dealkylation sites (N-methyl/N-ethyl adjacent to an activating group) is 1. The Morgan fingerprint density at radius 1 is 1.19 bits per heavy atom. The van der Waals surface area contributed by atoms with Crippen molar-refractivity contribution >= 4 is 39.8 Å². The number of rotatable bonds is 10. The van der Waals surface area contributed by atoms with Crippen molar-refractivity contribution in [3.8, 4) is 6.01 Å². The first-order chi connectivity index (χ1) is 22.9. The summed E-state index contributed by atoms with van der Waals surface area (Å²) in [6.07, 6.45) is 0.117. The van der Waals surface area contributed by atoms with Gasteiger partial charge in [-0.25, -0.2) is 19.7 Å². The molecule has 3 heterocycles. The average Bonchev–Trinajstić information content (AvgIpc) is 3.02. The van der Waals surface area contributed by atoms with E-state index < -0.39 is 23.7 Å². The highest BCUT2D eigenvalue weighted by Gasteiger charge is 2.45. The number of ether oxygens (including phenoxy) is 1. The molecule has 6 rings (SSSR count). The summed E-state index contributed by atoms with van der Waals surface area (Å²) in [6.45, 7) is 15.6. The Kier molecular flexibility index (Phi) is 9.72. The molecule has 1 amide bonds. The van der Waals surface area contributed by atoms with Gasteiger partial charge in [-0.15, -0.1) is 0 Å². The second kappa shape index (κ2) is 13.8. The van der Waals surface area contributed by atoms with Crippen molar-refractivity contribution < 1.29 is 22.7 Å². The van der Waals surface area contributed by atoms with Crippen molar-refractivity contribution in [1.82, 2.24) is 19.8 Å². The first-order valence-corrected chi connectivity index (χ1v) is 16.6. The number of benzene rings is 2. The number of carbonyl (C=O) groups excluding carboxylic acids is 1. The van der Waals surface area contributed by atoms with Crippen molar-refractivity contribution in [3.05, 3.63) is 76.5 Å². The fraction of sp³-hybridized carbons (Fsp3) is 0.486. The van der Waals surface area contributed by atoms with Crippen molar-refractivity contribution in [1.29, 1.82) is 0 Å². The number of nitrogens with zero attached hydrogens (tertiary/aromatic N) is 7. The Balaban J connectivity index is 1.28. The van der Waals surface area contributed by atoms with Gasteiger partial charge in [0.2, 0.25) is 12.5 Å². The van der Waals surface area contributed by atoms with Crippen LogP contribution in [0.25, 0.3) is 15.6 Å². The lowest BCUT2D eigenvalue weighted by molar-refractivity contribution is -0.131. The molecule has 2 aromatic carbocycles. The highest BCUT2D eigenvalue weighted by atomic mass is 35.5. The molecule has 3 aromatic rings. The molecule has 2 fully saturated rings. The van der Waals surface area contributed by atoms with E-state index in [9.17, 15) is 18.0 Å². The molecule has 48 heavy (non-hydrogen) atoms. The Labute approximate surface area is 283 Å². The number of anilines is 2. The molecule has 13 heteroatoms. The van der Waals surface area contributed by atoms with Gasteiger partial charge in [-0.1, -0.05) is 42.4 Å². The third-order valence-corrected chi connectivity index (χ3v) is 9.71. The summed E-state index contributed by atoms with van der Waals surface area (Å²) in [5.41, 5.74) is 2.75. The molecule has 1 saturated heterocycles. The molecule has 1 aliphatic carbocycles. The van der Waals surface area contributed by atoms with E-state index in [2.05, 4.69) is 22.4 Å². The Morgan fingerprint density at radius 2 is 1.94 bits per heavy atom. The zero-order chi connectivity index (χ0) is 34.2. The molecule has 2 atom stereocenters. The molecule has 2 aliphatic heterocycles. The van der Waals surface area contributed by atoms with E-state index in [4.69, 9.17) is 32.9 Å². The summed E-state index contributed by atoms with van der Waals surface area (Å²) in [6, 6.07) is 11.6. The number of carbonyl (C=O) groups is 1. The minimum Gasteiger partial charge on any atom is -0.459 e. The SMILES string of the molecule is [C-]#[N+]C[C@H]1CN(c2nc(O[C@@H](C)CN(C)CC3CC(F)(F)C3)nc3c2CCN(c2cccc4cccc(Cl)c24)C3)CCN1C(=O)C(=C)F. The number of piperazine rings is 1. The standard InChI is InChI=1S/C35H39ClF3N7O2/c1-22(18-43(4)19-24-15-35(38,39)16-24)48-34-41-29-21-44(30-10-6-8-25-7-5-9-28(36)31(25)30)12-11-27(29)32(42-34)45-13-14-46(33(47)23(2)37)26(20-45)17-40-3/h5-10,22,24,26H,2,11-21H2,1,4H3/t22-,26-/m0/s1. The Hall–Kier alpha value is -4.08.